The number of aromatic nitrogens is 4. The number of hydrogen-bond donors (Lipinski definition) is 1. The van der Waals surface area contributed by atoms with Crippen molar-refractivity contribution in [3.05, 3.63) is 41.7 Å². The predicted octanol–water partition coefficient (Wildman–Crippen LogP) is 2.30. The standard InChI is InChI=1S/C18H27N5O2/c1-3-11-19-17(24)10-7-12-23-18(20-21-22-23)15(2)13-25-14-16-8-5-4-6-9-16/h4-6,8-9,15H,3,7,10-14H2,1-2H3,(H,19,24). The maximum atomic E-state index is 11.6. The maximum absolute atomic E-state index is 11.6. The molecule has 1 N–H and O–H groups in total. The van der Waals surface area contributed by atoms with E-state index >= 15 is 0 Å². The van der Waals surface area contributed by atoms with Crippen LogP contribution in [0.3, 0.4) is 0 Å². The summed E-state index contributed by atoms with van der Waals surface area (Å²) >= 11 is 0. The summed E-state index contributed by atoms with van der Waals surface area (Å²) in [5.41, 5.74) is 1.15. The number of ether oxygens (including phenoxy) is 1. The van der Waals surface area contributed by atoms with Gasteiger partial charge in [0.2, 0.25) is 5.91 Å². The highest BCUT2D eigenvalue weighted by Crippen LogP contribution is 2.13. The minimum Gasteiger partial charge on any atom is -0.376 e. The van der Waals surface area contributed by atoms with E-state index in [0.29, 0.717) is 32.6 Å². The van der Waals surface area contributed by atoms with Crippen LogP contribution in [0.4, 0.5) is 0 Å². The number of amides is 1. The van der Waals surface area contributed by atoms with Crippen molar-refractivity contribution in [2.24, 2.45) is 0 Å². The van der Waals surface area contributed by atoms with Crippen molar-refractivity contribution in [3.8, 4) is 0 Å². The van der Waals surface area contributed by atoms with Gasteiger partial charge in [-0.3, -0.25) is 4.79 Å². The van der Waals surface area contributed by atoms with E-state index in [4.69, 9.17) is 4.74 Å². The monoisotopic (exact) mass is 345 g/mol. The fourth-order valence-electron chi connectivity index (χ4n) is 2.47. The molecule has 0 saturated heterocycles. The second-order valence-electron chi connectivity index (χ2n) is 6.12. The van der Waals surface area contributed by atoms with Gasteiger partial charge in [0.25, 0.3) is 0 Å². The molecule has 0 saturated carbocycles. The van der Waals surface area contributed by atoms with Crippen LogP contribution in [0.2, 0.25) is 0 Å². The number of aryl methyl sites for hydroxylation is 1. The first kappa shape index (κ1) is 19.1. The summed E-state index contributed by atoms with van der Waals surface area (Å²) in [4.78, 5) is 11.6. The molecule has 0 aliphatic heterocycles. The highest BCUT2D eigenvalue weighted by atomic mass is 16.5. The van der Waals surface area contributed by atoms with Gasteiger partial charge in [-0.2, -0.15) is 0 Å². The van der Waals surface area contributed by atoms with Crippen molar-refractivity contribution in [1.29, 1.82) is 0 Å². The van der Waals surface area contributed by atoms with Gasteiger partial charge in [-0.05, 0) is 28.8 Å². The highest BCUT2D eigenvalue weighted by Gasteiger charge is 2.15. The van der Waals surface area contributed by atoms with E-state index in [-0.39, 0.29) is 11.8 Å². The molecule has 1 unspecified atom stereocenters. The summed E-state index contributed by atoms with van der Waals surface area (Å²) in [6, 6.07) is 10.1. The van der Waals surface area contributed by atoms with Crippen molar-refractivity contribution >= 4 is 5.91 Å². The first-order valence-corrected chi connectivity index (χ1v) is 8.85. The van der Waals surface area contributed by atoms with E-state index in [1.807, 2.05) is 44.2 Å². The number of carbonyl (C=O) groups excluding carboxylic acids is 1. The molecule has 2 aromatic rings. The highest BCUT2D eigenvalue weighted by molar-refractivity contribution is 5.75. The topological polar surface area (TPSA) is 81.9 Å². The molecular weight excluding hydrogens is 318 g/mol. The molecule has 1 aromatic carbocycles. The fourth-order valence-corrected chi connectivity index (χ4v) is 2.47. The lowest BCUT2D eigenvalue weighted by Gasteiger charge is -2.12. The Labute approximate surface area is 148 Å². The average Bonchev–Trinajstić information content (AvgIpc) is 3.09. The Morgan fingerprint density at radius 1 is 1.32 bits per heavy atom. The molecule has 2 rings (SSSR count). The normalized spacial score (nSPS) is 12.1. The van der Waals surface area contributed by atoms with Crippen LogP contribution in [0.25, 0.3) is 0 Å². The molecule has 0 radical (unpaired) electrons. The average molecular weight is 345 g/mol. The quantitative estimate of drug-likeness (QED) is 0.676. The van der Waals surface area contributed by atoms with E-state index in [9.17, 15) is 4.79 Å². The Morgan fingerprint density at radius 2 is 2.12 bits per heavy atom. The number of nitrogens with zero attached hydrogens (tertiary/aromatic N) is 4. The molecule has 0 bridgehead atoms. The molecule has 136 valence electrons. The zero-order valence-electron chi connectivity index (χ0n) is 15.0. The van der Waals surface area contributed by atoms with Gasteiger partial charge in [-0.25, -0.2) is 4.68 Å². The van der Waals surface area contributed by atoms with Crippen molar-refractivity contribution in [2.75, 3.05) is 13.2 Å². The zero-order chi connectivity index (χ0) is 17.9. The van der Waals surface area contributed by atoms with E-state index in [2.05, 4.69) is 20.8 Å². The molecule has 7 nitrogen and oxygen atoms in total. The first-order chi connectivity index (χ1) is 12.2. The van der Waals surface area contributed by atoms with Crippen LogP contribution < -0.4 is 5.32 Å². The molecule has 25 heavy (non-hydrogen) atoms. The van der Waals surface area contributed by atoms with Crippen molar-refractivity contribution in [2.45, 2.75) is 52.2 Å². The minimum atomic E-state index is 0.0794. The van der Waals surface area contributed by atoms with Gasteiger partial charge in [0.15, 0.2) is 5.82 Å². The molecule has 1 aromatic heterocycles. The molecular formula is C18H27N5O2. The molecule has 0 aliphatic carbocycles. The van der Waals surface area contributed by atoms with Gasteiger partial charge in [-0.1, -0.05) is 44.2 Å². The predicted molar refractivity (Wildman–Crippen MR) is 94.9 cm³/mol. The molecule has 7 heteroatoms. The van der Waals surface area contributed by atoms with Gasteiger partial charge in [-0.15, -0.1) is 5.10 Å². The van der Waals surface area contributed by atoms with Gasteiger partial charge in [0.1, 0.15) is 0 Å². The number of hydrogen-bond acceptors (Lipinski definition) is 5. The lowest BCUT2D eigenvalue weighted by Crippen LogP contribution is -2.24. The van der Waals surface area contributed by atoms with Crippen LogP contribution in [0, 0.1) is 0 Å². The third-order valence-corrected chi connectivity index (χ3v) is 3.83. The van der Waals surface area contributed by atoms with Gasteiger partial charge in [0, 0.05) is 25.4 Å². The summed E-state index contributed by atoms with van der Waals surface area (Å²) in [6.07, 6.45) is 2.15. The van der Waals surface area contributed by atoms with Crippen molar-refractivity contribution in [1.82, 2.24) is 25.5 Å². The number of tetrazole rings is 1. The van der Waals surface area contributed by atoms with Crippen molar-refractivity contribution < 1.29 is 9.53 Å². The Bertz CT molecular complexity index is 629. The SMILES string of the molecule is CCCNC(=O)CCCn1nnnc1C(C)COCc1ccccc1. The van der Waals surface area contributed by atoms with Crippen LogP contribution in [0.5, 0.6) is 0 Å². The maximum Gasteiger partial charge on any atom is 0.220 e. The van der Waals surface area contributed by atoms with Crippen LogP contribution >= 0.6 is 0 Å². The van der Waals surface area contributed by atoms with Crippen molar-refractivity contribution in [3.63, 3.8) is 0 Å². The van der Waals surface area contributed by atoms with Crippen LogP contribution in [0.15, 0.2) is 30.3 Å². The van der Waals surface area contributed by atoms with Gasteiger partial charge in [0.05, 0.1) is 13.2 Å². The van der Waals surface area contributed by atoms with E-state index < -0.39 is 0 Å². The van der Waals surface area contributed by atoms with Gasteiger partial charge >= 0.3 is 0 Å². The van der Waals surface area contributed by atoms with E-state index in [1.165, 1.54) is 0 Å². The molecule has 1 heterocycles. The summed E-state index contributed by atoms with van der Waals surface area (Å²) in [5.74, 6) is 0.963. The zero-order valence-corrected chi connectivity index (χ0v) is 15.0. The Morgan fingerprint density at radius 3 is 2.88 bits per heavy atom. The third kappa shape index (κ3) is 6.62. The Balaban J connectivity index is 1.74. The summed E-state index contributed by atoms with van der Waals surface area (Å²) in [5, 5.41) is 14.8. The second kappa shape index (κ2) is 10.6. The first-order valence-electron chi connectivity index (χ1n) is 8.85. The lowest BCUT2D eigenvalue weighted by atomic mass is 10.2. The number of carbonyl (C=O) groups is 1. The van der Waals surface area contributed by atoms with Crippen LogP contribution in [-0.2, 0) is 22.7 Å². The third-order valence-electron chi connectivity index (χ3n) is 3.83. The number of benzene rings is 1. The second-order valence-corrected chi connectivity index (χ2v) is 6.12. The molecule has 0 aliphatic rings. The number of nitrogens with one attached hydrogen (secondary N) is 1. The fraction of sp³-hybridized carbons (Fsp3) is 0.556. The largest absolute Gasteiger partial charge is 0.376 e. The molecule has 0 spiro atoms. The Kier molecular flexibility index (Phi) is 8.04. The lowest BCUT2D eigenvalue weighted by molar-refractivity contribution is -0.121. The molecule has 0 fully saturated rings. The van der Waals surface area contributed by atoms with Crippen LogP contribution in [-0.4, -0.2) is 39.3 Å². The van der Waals surface area contributed by atoms with E-state index in [0.717, 1.165) is 24.4 Å². The van der Waals surface area contributed by atoms with Gasteiger partial charge < -0.3 is 10.1 Å². The summed E-state index contributed by atoms with van der Waals surface area (Å²) in [7, 11) is 0. The minimum absolute atomic E-state index is 0.0794. The van der Waals surface area contributed by atoms with E-state index in [1.54, 1.807) is 4.68 Å². The summed E-state index contributed by atoms with van der Waals surface area (Å²) in [6.45, 7) is 6.56. The summed E-state index contributed by atoms with van der Waals surface area (Å²) < 4.78 is 7.54. The molecule has 1 amide bonds. The number of rotatable bonds is 11. The van der Waals surface area contributed by atoms with Crippen LogP contribution in [0.1, 0.15) is 50.4 Å². The smallest absolute Gasteiger partial charge is 0.220 e. The Hall–Kier alpha value is -2.28. The molecule has 1 atom stereocenters.